The number of rotatable bonds is 64. The van der Waals surface area contributed by atoms with Crippen LogP contribution in [0.4, 0.5) is 0 Å². The van der Waals surface area contributed by atoms with Crippen LogP contribution in [-0.2, 0) is 32.7 Å². The predicted octanol–water partition coefficient (Wildman–Crippen LogP) is 22.4. The molecular weight excluding hydrogens is 1090 g/mol. The number of phosphoric acid groups is 1. The van der Waals surface area contributed by atoms with Gasteiger partial charge in [0.15, 0.2) is 6.10 Å². The highest BCUT2D eigenvalue weighted by Gasteiger charge is 2.22. The van der Waals surface area contributed by atoms with E-state index < -0.39 is 32.5 Å². The van der Waals surface area contributed by atoms with Gasteiger partial charge in [-0.2, -0.15) is 0 Å². The first-order valence-corrected chi connectivity index (χ1v) is 36.7. The van der Waals surface area contributed by atoms with Gasteiger partial charge in [0.1, 0.15) is 19.8 Å². The van der Waals surface area contributed by atoms with Crippen LogP contribution in [0.1, 0.15) is 296 Å². The third-order valence-electron chi connectivity index (χ3n) is 15.0. The second kappa shape index (κ2) is 65.8. The van der Waals surface area contributed by atoms with E-state index in [0.29, 0.717) is 17.4 Å². The summed E-state index contributed by atoms with van der Waals surface area (Å²) in [5, 5.41) is 0. The monoisotopic (exact) mass is 1220 g/mol. The van der Waals surface area contributed by atoms with Gasteiger partial charge in [0.2, 0.25) is 0 Å². The number of ether oxygens (including phenoxy) is 2. The fourth-order valence-electron chi connectivity index (χ4n) is 9.59. The second-order valence-electron chi connectivity index (χ2n) is 24.5. The molecule has 0 amide bonds. The van der Waals surface area contributed by atoms with Crippen molar-refractivity contribution >= 4 is 19.8 Å². The van der Waals surface area contributed by atoms with Crippen LogP contribution >= 0.6 is 7.82 Å². The Labute approximate surface area is 530 Å². The average Bonchev–Trinajstić information content (AvgIpc) is 3.56. The summed E-state index contributed by atoms with van der Waals surface area (Å²) in [7, 11) is 1.13. The maximum atomic E-state index is 12.8. The first kappa shape index (κ1) is 82.4. The van der Waals surface area contributed by atoms with Crippen LogP contribution < -0.4 is 4.89 Å². The molecule has 0 spiro atoms. The Hall–Kier alpha value is -3.59. The van der Waals surface area contributed by atoms with E-state index in [1.165, 1.54) is 167 Å². The number of carbonyl (C=O) groups excluding carboxylic acids is 2. The number of allylic oxidation sites excluding steroid dienone is 20. The minimum Gasteiger partial charge on any atom is -0.756 e. The van der Waals surface area contributed by atoms with Crippen LogP contribution in [-0.4, -0.2) is 70.0 Å². The Morgan fingerprint density at radius 3 is 1.01 bits per heavy atom. The predicted molar refractivity (Wildman–Crippen MR) is 369 cm³/mol. The molecular formula is C76H132NO8P. The van der Waals surface area contributed by atoms with Crippen LogP contribution in [0.5, 0.6) is 0 Å². The summed E-state index contributed by atoms with van der Waals surface area (Å²) in [5.41, 5.74) is 0. The Morgan fingerprint density at radius 1 is 0.372 bits per heavy atom. The molecule has 0 rings (SSSR count). The lowest BCUT2D eigenvalue weighted by atomic mass is 10.0. The summed E-state index contributed by atoms with van der Waals surface area (Å²) in [6.45, 7) is 4.10. The quantitative estimate of drug-likeness (QED) is 0.0195. The molecule has 9 nitrogen and oxygen atoms in total. The van der Waals surface area contributed by atoms with Crippen molar-refractivity contribution in [1.82, 2.24) is 0 Å². The topological polar surface area (TPSA) is 111 Å². The number of esters is 2. The van der Waals surface area contributed by atoms with Gasteiger partial charge in [-0.25, -0.2) is 0 Å². The fourth-order valence-corrected chi connectivity index (χ4v) is 10.3. The van der Waals surface area contributed by atoms with E-state index in [2.05, 4.69) is 135 Å². The molecule has 0 aliphatic heterocycles. The number of hydrogen-bond donors (Lipinski definition) is 0. The van der Waals surface area contributed by atoms with Gasteiger partial charge in [-0.1, -0.05) is 296 Å². The van der Waals surface area contributed by atoms with Gasteiger partial charge < -0.3 is 27.9 Å². The summed E-state index contributed by atoms with van der Waals surface area (Å²) in [6, 6.07) is 0. The number of likely N-dealkylation sites (N-methyl/N-ethyl adjacent to an activating group) is 1. The van der Waals surface area contributed by atoms with Crippen molar-refractivity contribution in [2.24, 2.45) is 0 Å². The summed E-state index contributed by atoms with van der Waals surface area (Å²) in [4.78, 5) is 38.1. The van der Waals surface area contributed by atoms with E-state index in [1.54, 1.807) is 0 Å². The number of quaternary nitrogens is 1. The molecule has 0 bridgehead atoms. The summed E-state index contributed by atoms with van der Waals surface area (Å²) in [6.07, 6.45) is 94.3. The highest BCUT2D eigenvalue weighted by molar-refractivity contribution is 7.45. The molecule has 0 aromatic rings. The fraction of sp³-hybridized carbons (Fsp3) is 0.711. The molecule has 0 aliphatic carbocycles. The number of unbranched alkanes of at least 4 members (excludes halogenated alkanes) is 30. The zero-order valence-corrected chi connectivity index (χ0v) is 57.1. The van der Waals surface area contributed by atoms with Crippen molar-refractivity contribution in [3.8, 4) is 0 Å². The summed E-state index contributed by atoms with van der Waals surface area (Å²) >= 11 is 0. The van der Waals surface area contributed by atoms with E-state index in [0.717, 1.165) is 96.3 Å². The standard InChI is InChI=1S/C76H132NO8P/c1-6-8-10-12-14-16-18-20-22-24-26-28-30-32-34-36-38-40-42-44-46-48-50-52-54-56-58-60-62-64-66-68-75(78)82-72-74(73-84-86(80,81)83-71-70-77(3,4)5)85-76(79)69-67-65-63-61-59-57-55-53-51-49-47-45-43-41-39-37-35-33-31-29-27-25-23-21-19-17-15-13-11-9-7-2/h9,11,15,17,21,23-24,26-27,29,33,35,39,41,45,47,51,53,57,59,74H,6-8,10,12-14,16,18-20,22,25,28,30-32,34,36-38,40,42-44,46,48-50,52,54-56,58,60-73H2,1-5H3/b11-9-,17-15-,23-21-,26-24-,29-27-,35-33-,41-39-,47-45-,53-51-,59-57-. The first-order valence-electron chi connectivity index (χ1n) is 35.2. The molecule has 2 unspecified atom stereocenters. The van der Waals surface area contributed by atoms with Gasteiger partial charge in [0, 0.05) is 12.8 Å². The van der Waals surface area contributed by atoms with E-state index in [-0.39, 0.29) is 26.1 Å². The van der Waals surface area contributed by atoms with Gasteiger partial charge in [0.05, 0.1) is 27.7 Å². The maximum Gasteiger partial charge on any atom is 0.306 e. The molecule has 494 valence electrons. The van der Waals surface area contributed by atoms with Gasteiger partial charge in [-0.05, 0) is 109 Å². The van der Waals surface area contributed by atoms with Crippen molar-refractivity contribution in [3.05, 3.63) is 122 Å². The largest absolute Gasteiger partial charge is 0.756 e. The zero-order chi connectivity index (χ0) is 62.6. The molecule has 0 aromatic carbocycles. The van der Waals surface area contributed by atoms with Crippen molar-refractivity contribution < 1.29 is 42.1 Å². The highest BCUT2D eigenvalue weighted by Crippen LogP contribution is 2.38. The second-order valence-corrected chi connectivity index (χ2v) is 25.9. The molecule has 0 heterocycles. The first-order chi connectivity index (χ1) is 42.0. The van der Waals surface area contributed by atoms with Crippen LogP contribution in [0.25, 0.3) is 0 Å². The Morgan fingerprint density at radius 2 is 0.663 bits per heavy atom. The molecule has 0 aromatic heterocycles. The lowest BCUT2D eigenvalue weighted by Crippen LogP contribution is -2.37. The minimum atomic E-state index is -4.66. The maximum absolute atomic E-state index is 12.8. The molecule has 10 heteroatoms. The van der Waals surface area contributed by atoms with Crippen LogP contribution in [0.2, 0.25) is 0 Å². The molecule has 0 N–H and O–H groups in total. The zero-order valence-electron chi connectivity index (χ0n) is 56.2. The molecule has 0 fully saturated rings. The number of phosphoric ester groups is 1. The van der Waals surface area contributed by atoms with Gasteiger partial charge in [-0.15, -0.1) is 0 Å². The lowest BCUT2D eigenvalue weighted by Gasteiger charge is -2.28. The van der Waals surface area contributed by atoms with E-state index in [1.807, 2.05) is 21.1 Å². The number of nitrogens with zero attached hydrogens (tertiary/aromatic N) is 1. The SMILES string of the molecule is CC/C=C\C/C=C\C/C=C\C/C=C\C/C=C\C/C=C\C/C=C\C/C=C\C/C=C\CCCCCC(=O)OC(COC(=O)CCCCCCCCCCCCCCCCCCCCC/C=C\CCCCCCCCCC)COP(=O)([O-])OCC[N+](C)(C)C. The van der Waals surface area contributed by atoms with Crippen molar-refractivity contribution in [1.29, 1.82) is 0 Å². The Kier molecular flexibility index (Phi) is 63.1. The van der Waals surface area contributed by atoms with Crippen molar-refractivity contribution in [2.45, 2.75) is 302 Å². The normalized spacial score (nSPS) is 13.9. The smallest absolute Gasteiger partial charge is 0.306 e. The van der Waals surface area contributed by atoms with Crippen molar-refractivity contribution in [3.63, 3.8) is 0 Å². The highest BCUT2D eigenvalue weighted by atomic mass is 31.2. The molecule has 86 heavy (non-hydrogen) atoms. The van der Waals surface area contributed by atoms with Crippen LogP contribution in [0.3, 0.4) is 0 Å². The van der Waals surface area contributed by atoms with Crippen LogP contribution in [0.15, 0.2) is 122 Å². The van der Waals surface area contributed by atoms with Gasteiger partial charge in [-0.3, -0.25) is 14.2 Å². The van der Waals surface area contributed by atoms with E-state index in [9.17, 15) is 19.0 Å². The molecule has 0 saturated carbocycles. The number of carbonyl (C=O) groups is 2. The molecule has 0 radical (unpaired) electrons. The third kappa shape index (κ3) is 69.5. The van der Waals surface area contributed by atoms with Crippen LogP contribution in [0, 0.1) is 0 Å². The average molecular weight is 1220 g/mol. The summed E-state index contributed by atoms with van der Waals surface area (Å²) < 4.78 is 34.3. The number of hydrogen-bond acceptors (Lipinski definition) is 8. The molecule has 0 saturated heterocycles. The minimum absolute atomic E-state index is 0.0429. The van der Waals surface area contributed by atoms with Gasteiger partial charge >= 0.3 is 11.9 Å². The van der Waals surface area contributed by atoms with Gasteiger partial charge in [0.25, 0.3) is 7.82 Å². The molecule has 0 aliphatic rings. The Balaban J connectivity index is 4.14. The van der Waals surface area contributed by atoms with E-state index in [4.69, 9.17) is 18.5 Å². The van der Waals surface area contributed by atoms with E-state index >= 15 is 0 Å². The van der Waals surface area contributed by atoms with Crippen molar-refractivity contribution in [2.75, 3.05) is 47.5 Å². The lowest BCUT2D eigenvalue weighted by molar-refractivity contribution is -0.870. The molecule has 2 atom stereocenters. The summed E-state index contributed by atoms with van der Waals surface area (Å²) in [5.74, 6) is -0.870. The third-order valence-corrected chi connectivity index (χ3v) is 15.9. The Bertz CT molecular complexity index is 1870.